The normalized spacial score (nSPS) is 10.1. The number of benzene rings is 1. The molecule has 6 heteroatoms. The van der Waals surface area contributed by atoms with Gasteiger partial charge >= 0.3 is 5.97 Å². The van der Waals surface area contributed by atoms with Gasteiger partial charge in [0.2, 0.25) is 0 Å². The molecule has 0 fully saturated rings. The average Bonchev–Trinajstić information content (AvgIpc) is 2.28. The van der Waals surface area contributed by atoms with Gasteiger partial charge in [-0.25, -0.2) is 0 Å². The van der Waals surface area contributed by atoms with Crippen molar-refractivity contribution < 1.29 is 14.8 Å². The van der Waals surface area contributed by atoms with Crippen LogP contribution in [0, 0.1) is 10.1 Å². The lowest BCUT2D eigenvalue weighted by atomic mass is 10.2. The number of carbonyl (C=O) groups is 1. The molecule has 1 rings (SSSR count). The van der Waals surface area contributed by atoms with Crippen LogP contribution < -0.4 is 5.32 Å². The van der Waals surface area contributed by atoms with Gasteiger partial charge in [0.25, 0.3) is 5.69 Å². The second-order valence-electron chi connectivity index (χ2n) is 3.60. The van der Waals surface area contributed by atoms with Crippen molar-refractivity contribution in [2.24, 2.45) is 0 Å². The quantitative estimate of drug-likeness (QED) is 0.427. The van der Waals surface area contributed by atoms with Gasteiger partial charge in [-0.2, -0.15) is 0 Å². The van der Waals surface area contributed by atoms with Gasteiger partial charge in [0.15, 0.2) is 0 Å². The largest absolute Gasteiger partial charge is 0.481 e. The van der Waals surface area contributed by atoms with Gasteiger partial charge in [-0.1, -0.05) is 12.1 Å². The summed E-state index contributed by atoms with van der Waals surface area (Å²) in [6, 6.07) is 6.36. The summed E-state index contributed by atoms with van der Waals surface area (Å²) in [6.07, 6.45) is 0.673. The van der Waals surface area contributed by atoms with Crippen LogP contribution in [0.15, 0.2) is 24.3 Å². The molecular formula is C11H14N2O4. The number of nitrogens with one attached hydrogen (secondary N) is 1. The fourth-order valence-corrected chi connectivity index (χ4v) is 1.38. The van der Waals surface area contributed by atoms with Gasteiger partial charge in [0.05, 0.1) is 4.92 Å². The molecule has 0 saturated heterocycles. The fourth-order valence-electron chi connectivity index (χ4n) is 1.38. The van der Waals surface area contributed by atoms with E-state index in [1.807, 2.05) is 0 Å². The maximum Gasteiger partial charge on any atom is 0.303 e. The van der Waals surface area contributed by atoms with Crippen molar-refractivity contribution in [3.63, 3.8) is 0 Å². The van der Waals surface area contributed by atoms with Crippen molar-refractivity contribution in [2.75, 3.05) is 6.54 Å². The third kappa shape index (κ3) is 5.07. The Labute approximate surface area is 98.4 Å². The van der Waals surface area contributed by atoms with Crippen molar-refractivity contribution >= 4 is 11.7 Å². The van der Waals surface area contributed by atoms with E-state index in [0.717, 1.165) is 5.56 Å². The summed E-state index contributed by atoms with van der Waals surface area (Å²) in [5.41, 5.74) is 0.879. The number of hydrogen-bond acceptors (Lipinski definition) is 4. The summed E-state index contributed by atoms with van der Waals surface area (Å²) in [7, 11) is 0. The van der Waals surface area contributed by atoms with Crippen LogP contribution in [-0.4, -0.2) is 22.5 Å². The van der Waals surface area contributed by atoms with Crippen LogP contribution in [-0.2, 0) is 11.3 Å². The first-order chi connectivity index (χ1) is 8.09. The molecule has 1 aromatic carbocycles. The summed E-state index contributed by atoms with van der Waals surface area (Å²) >= 11 is 0. The summed E-state index contributed by atoms with van der Waals surface area (Å²) in [5, 5.41) is 22.0. The van der Waals surface area contributed by atoms with E-state index in [-0.39, 0.29) is 12.1 Å². The molecule has 0 radical (unpaired) electrons. The van der Waals surface area contributed by atoms with E-state index in [9.17, 15) is 14.9 Å². The molecule has 0 bridgehead atoms. The molecule has 0 aliphatic rings. The molecule has 0 aromatic heterocycles. The number of hydrogen-bond donors (Lipinski definition) is 2. The molecule has 17 heavy (non-hydrogen) atoms. The Balaban J connectivity index is 2.34. The van der Waals surface area contributed by atoms with E-state index >= 15 is 0 Å². The minimum atomic E-state index is -0.817. The number of carboxylic acid groups (broad SMARTS) is 1. The Hall–Kier alpha value is -1.95. The smallest absolute Gasteiger partial charge is 0.303 e. The van der Waals surface area contributed by atoms with Crippen LogP contribution in [0.3, 0.4) is 0 Å². The van der Waals surface area contributed by atoms with Gasteiger partial charge in [0, 0.05) is 25.1 Å². The van der Waals surface area contributed by atoms with Gasteiger partial charge < -0.3 is 10.4 Å². The molecule has 0 atom stereocenters. The Morgan fingerprint density at radius 1 is 1.47 bits per heavy atom. The third-order valence-electron chi connectivity index (χ3n) is 2.19. The van der Waals surface area contributed by atoms with Crippen LogP contribution >= 0.6 is 0 Å². The number of non-ortho nitro benzene ring substituents is 1. The van der Waals surface area contributed by atoms with E-state index in [0.29, 0.717) is 19.5 Å². The molecule has 2 N–H and O–H groups in total. The zero-order valence-corrected chi connectivity index (χ0v) is 9.26. The molecule has 1 aromatic rings. The van der Waals surface area contributed by atoms with E-state index in [1.165, 1.54) is 12.1 Å². The molecular weight excluding hydrogens is 224 g/mol. The lowest BCUT2D eigenvalue weighted by Crippen LogP contribution is -2.15. The molecule has 0 spiro atoms. The number of rotatable bonds is 7. The van der Waals surface area contributed by atoms with Crippen molar-refractivity contribution in [1.82, 2.24) is 5.32 Å². The van der Waals surface area contributed by atoms with Crippen molar-refractivity contribution in [1.29, 1.82) is 0 Å². The second kappa shape index (κ2) is 6.59. The van der Waals surface area contributed by atoms with Crippen LogP contribution in [0.2, 0.25) is 0 Å². The topological polar surface area (TPSA) is 92.5 Å². The standard InChI is InChI=1S/C11H14N2O4/c14-11(15)5-2-6-12-8-9-3-1-4-10(7-9)13(16)17/h1,3-4,7,12H,2,5-6,8H2,(H,14,15). The van der Waals surface area contributed by atoms with Crippen LogP contribution in [0.4, 0.5) is 5.69 Å². The lowest BCUT2D eigenvalue weighted by Gasteiger charge is -2.03. The Morgan fingerprint density at radius 2 is 2.24 bits per heavy atom. The summed E-state index contributed by atoms with van der Waals surface area (Å²) in [5.74, 6) is -0.817. The SMILES string of the molecule is O=C(O)CCCNCc1cccc([N+](=O)[O-])c1. The fraction of sp³-hybridized carbons (Fsp3) is 0.364. The lowest BCUT2D eigenvalue weighted by molar-refractivity contribution is -0.384. The van der Waals surface area contributed by atoms with Gasteiger partial charge in [-0.05, 0) is 18.5 Å². The highest BCUT2D eigenvalue weighted by atomic mass is 16.6. The minimum absolute atomic E-state index is 0.0647. The minimum Gasteiger partial charge on any atom is -0.481 e. The molecule has 92 valence electrons. The maximum atomic E-state index is 10.5. The number of nitro benzene ring substituents is 1. The van der Waals surface area contributed by atoms with E-state index < -0.39 is 10.9 Å². The first-order valence-corrected chi connectivity index (χ1v) is 5.25. The molecule has 0 aliphatic carbocycles. The monoisotopic (exact) mass is 238 g/mol. The summed E-state index contributed by atoms with van der Waals surface area (Å²) in [4.78, 5) is 20.3. The zero-order valence-electron chi connectivity index (χ0n) is 9.26. The highest BCUT2D eigenvalue weighted by molar-refractivity contribution is 5.66. The van der Waals surface area contributed by atoms with Crippen molar-refractivity contribution in [2.45, 2.75) is 19.4 Å². The molecule has 0 unspecified atom stereocenters. The molecule has 0 heterocycles. The number of aliphatic carboxylic acids is 1. The number of nitrogens with zero attached hydrogens (tertiary/aromatic N) is 1. The second-order valence-corrected chi connectivity index (χ2v) is 3.60. The van der Waals surface area contributed by atoms with E-state index in [1.54, 1.807) is 12.1 Å². The number of nitro groups is 1. The Morgan fingerprint density at radius 3 is 2.88 bits per heavy atom. The third-order valence-corrected chi connectivity index (χ3v) is 2.19. The van der Waals surface area contributed by atoms with Gasteiger partial charge in [-0.15, -0.1) is 0 Å². The average molecular weight is 238 g/mol. The molecule has 0 aliphatic heterocycles. The van der Waals surface area contributed by atoms with Crippen LogP contribution in [0.1, 0.15) is 18.4 Å². The van der Waals surface area contributed by atoms with Crippen molar-refractivity contribution in [3.8, 4) is 0 Å². The number of carboxylic acids is 1. The van der Waals surface area contributed by atoms with Gasteiger partial charge in [-0.3, -0.25) is 14.9 Å². The van der Waals surface area contributed by atoms with E-state index in [2.05, 4.69) is 5.32 Å². The first-order valence-electron chi connectivity index (χ1n) is 5.25. The summed E-state index contributed by atoms with van der Waals surface area (Å²) < 4.78 is 0. The highest BCUT2D eigenvalue weighted by Gasteiger charge is 2.05. The predicted molar refractivity (Wildman–Crippen MR) is 61.7 cm³/mol. The van der Waals surface area contributed by atoms with Crippen LogP contribution in [0.25, 0.3) is 0 Å². The maximum absolute atomic E-state index is 10.5. The predicted octanol–water partition coefficient (Wildman–Crippen LogP) is 1.55. The highest BCUT2D eigenvalue weighted by Crippen LogP contribution is 2.12. The van der Waals surface area contributed by atoms with Crippen LogP contribution in [0.5, 0.6) is 0 Å². The molecule has 0 amide bonds. The first kappa shape index (κ1) is 13.1. The zero-order chi connectivity index (χ0) is 12.7. The van der Waals surface area contributed by atoms with Gasteiger partial charge in [0.1, 0.15) is 0 Å². The molecule has 6 nitrogen and oxygen atoms in total. The molecule has 0 saturated carbocycles. The summed E-state index contributed by atoms with van der Waals surface area (Å²) in [6.45, 7) is 1.08. The Kier molecular flexibility index (Phi) is 5.09. The van der Waals surface area contributed by atoms with Crippen molar-refractivity contribution in [3.05, 3.63) is 39.9 Å². The van der Waals surface area contributed by atoms with E-state index in [4.69, 9.17) is 5.11 Å². The Bertz CT molecular complexity index is 406.